The van der Waals surface area contributed by atoms with Crippen LogP contribution in [-0.4, -0.2) is 96.6 Å². The standard InChI is InChI=1S/C42H63FN4O7/c1-30(14-15-33-11-9-13-35(25-33)52-24-20-43)27-44-28-31(2)36(26-38(49)53-41(3,4)5)45-39(50)34-12-10-21-47(29-34)37(48)17-16-32-18-22-46(23-19-32)40(51)54-42(6,7)8/h9,11,13,25,27-28,32,34,36H,2,10,12,14-24,26,29H2,1,3-8H3,(H,45,50)/b30-27+,44-28?/t34-,36+/m1/s1. The van der Waals surface area contributed by atoms with Crippen LogP contribution in [0.15, 0.2) is 53.2 Å². The molecule has 54 heavy (non-hydrogen) atoms. The molecule has 1 N–H and O–H groups in total. The summed E-state index contributed by atoms with van der Waals surface area (Å²) < 4.78 is 28.9. The summed E-state index contributed by atoms with van der Waals surface area (Å²) in [7, 11) is 0. The van der Waals surface area contributed by atoms with Crippen molar-refractivity contribution in [1.82, 2.24) is 15.1 Å². The molecule has 2 fully saturated rings. The van der Waals surface area contributed by atoms with E-state index in [-0.39, 0.29) is 30.9 Å². The van der Waals surface area contributed by atoms with E-state index in [0.717, 1.165) is 43.2 Å². The molecule has 2 heterocycles. The first-order valence-electron chi connectivity index (χ1n) is 19.4. The van der Waals surface area contributed by atoms with E-state index in [0.29, 0.717) is 62.7 Å². The average Bonchev–Trinajstić information content (AvgIpc) is 3.10. The van der Waals surface area contributed by atoms with Crippen LogP contribution in [0, 0.1) is 11.8 Å². The lowest BCUT2D eigenvalue weighted by Crippen LogP contribution is -2.48. The van der Waals surface area contributed by atoms with Gasteiger partial charge in [0.2, 0.25) is 11.8 Å². The number of aliphatic imine (C=N–C) groups is 1. The Labute approximate surface area is 321 Å². The molecule has 2 atom stereocenters. The molecule has 1 aromatic carbocycles. The number of hydrogen-bond acceptors (Lipinski definition) is 8. The lowest BCUT2D eigenvalue weighted by Gasteiger charge is -2.35. The van der Waals surface area contributed by atoms with Crippen LogP contribution in [0.5, 0.6) is 5.75 Å². The highest BCUT2D eigenvalue weighted by molar-refractivity contribution is 5.87. The first-order chi connectivity index (χ1) is 25.4. The Morgan fingerprint density at radius 1 is 1.00 bits per heavy atom. The number of alkyl halides is 1. The predicted molar refractivity (Wildman–Crippen MR) is 209 cm³/mol. The maximum absolute atomic E-state index is 13.6. The van der Waals surface area contributed by atoms with E-state index < -0.39 is 35.8 Å². The molecule has 12 heteroatoms. The fourth-order valence-electron chi connectivity index (χ4n) is 6.45. The van der Waals surface area contributed by atoms with Gasteiger partial charge in [-0.05, 0) is 123 Å². The second-order valence-electron chi connectivity index (χ2n) is 16.5. The van der Waals surface area contributed by atoms with Crippen molar-refractivity contribution in [3.63, 3.8) is 0 Å². The fourth-order valence-corrected chi connectivity index (χ4v) is 6.45. The van der Waals surface area contributed by atoms with Crippen molar-refractivity contribution in [2.24, 2.45) is 16.8 Å². The minimum atomic E-state index is -0.741. The van der Waals surface area contributed by atoms with Gasteiger partial charge in [0.1, 0.15) is 30.2 Å². The average molecular weight is 755 g/mol. The first-order valence-corrected chi connectivity index (χ1v) is 19.4. The SMILES string of the molecule is C=C(C=N/C=C(\C)CCc1cccc(OCCF)c1)[C@H](CC(=O)OC(C)(C)C)NC(=O)[C@@H]1CCCN(C(=O)CCC2CCN(C(=O)OC(C)(C)C)CC2)C1. The van der Waals surface area contributed by atoms with Crippen LogP contribution < -0.4 is 10.1 Å². The minimum Gasteiger partial charge on any atom is -0.491 e. The molecule has 2 aliphatic rings. The molecule has 11 nitrogen and oxygen atoms in total. The molecule has 2 saturated heterocycles. The summed E-state index contributed by atoms with van der Waals surface area (Å²) in [6.07, 6.45) is 8.49. The quantitative estimate of drug-likeness (QED) is 0.138. The van der Waals surface area contributed by atoms with Crippen molar-refractivity contribution < 1.29 is 37.8 Å². The number of nitrogens with one attached hydrogen (secondary N) is 1. The van der Waals surface area contributed by atoms with Crippen LogP contribution in [0.3, 0.4) is 0 Å². The number of carbonyl (C=O) groups excluding carboxylic acids is 4. The molecular weight excluding hydrogens is 691 g/mol. The summed E-state index contributed by atoms with van der Waals surface area (Å²) in [5.41, 5.74) is 1.30. The van der Waals surface area contributed by atoms with E-state index >= 15 is 0 Å². The zero-order valence-electron chi connectivity index (χ0n) is 33.6. The zero-order chi connectivity index (χ0) is 39.9. The van der Waals surface area contributed by atoms with Gasteiger partial charge in [-0.2, -0.15) is 0 Å². The van der Waals surface area contributed by atoms with Crippen LogP contribution in [-0.2, 0) is 30.3 Å². The number of likely N-dealkylation sites (tertiary alicyclic amines) is 2. The number of benzene rings is 1. The number of ether oxygens (including phenoxy) is 3. The molecule has 1 aromatic rings. The molecule has 3 amide bonds. The van der Waals surface area contributed by atoms with Crippen molar-refractivity contribution in [2.75, 3.05) is 39.5 Å². The summed E-state index contributed by atoms with van der Waals surface area (Å²) in [6.45, 7) is 18.7. The van der Waals surface area contributed by atoms with Gasteiger partial charge < -0.3 is 29.3 Å². The highest BCUT2D eigenvalue weighted by atomic mass is 19.1. The highest BCUT2D eigenvalue weighted by Gasteiger charge is 2.32. The Hall–Kier alpha value is -4.22. The van der Waals surface area contributed by atoms with Crippen molar-refractivity contribution in [2.45, 2.75) is 123 Å². The molecule has 0 spiro atoms. The molecule has 0 radical (unpaired) electrons. The number of aryl methyl sites for hydroxylation is 1. The third kappa shape index (κ3) is 16.4. The van der Waals surface area contributed by atoms with Crippen molar-refractivity contribution in [3.05, 3.63) is 53.8 Å². The summed E-state index contributed by atoms with van der Waals surface area (Å²) in [6, 6.07) is 6.84. The van der Waals surface area contributed by atoms with Crippen LogP contribution in [0.1, 0.15) is 105 Å². The molecule has 2 aliphatic heterocycles. The van der Waals surface area contributed by atoms with E-state index in [1.165, 1.54) is 0 Å². The smallest absolute Gasteiger partial charge is 0.410 e. The van der Waals surface area contributed by atoms with Gasteiger partial charge in [0, 0.05) is 45.0 Å². The van der Waals surface area contributed by atoms with Gasteiger partial charge in [0.05, 0.1) is 18.4 Å². The molecule has 0 aliphatic carbocycles. The predicted octanol–water partition coefficient (Wildman–Crippen LogP) is 7.38. The Morgan fingerprint density at radius 2 is 1.70 bits per heavy atom. The van der Waals surface area contributed by atoms with Gasteiger partial charge in [-0.3, -0.25) is 19.4 Å². The number of carbonyl (C=O) groups is 4. The molecule has 0 saturated carbocycles. The third-order valence-electron chi connectivity index (χ3n) is 9.32. The van der Waals surface area contributed by atoms with Crippen LogP contribution in [0.25, 0.3) is 0 Å². The molecule has 0 bridgehead atoms. The van der Waals surface area contributed by atoms with Gasteiger partial charge in [0.25, 0.3) is 0 Å². The normalized spacial score (nSPS) is 17.9. The number of piperidine rings is 2. The first kappa shape index (κ1) is 44.2. The molecule has 0 unspecified atom stereocenters. The summed E-state index contributed by atoms with van der Waals surface area (Å²) in [5, 5.41) is 3.01. The second kappa shape index (κ2) is 21.0. The molecular formula is C42H63FN4O7. The van der Waals surface area contributed by atoms with E-state index in [1.54, 1.807) is 49.1 Å². The number of allylic oxidation sites excluding steroid dienone is 1. The fraction of sp³-hybridized carbons (Fsp3) is 0.643. The Morgan fingerprint density at radius 3 is 2.37 bits per heavy atom. The van der Waals surface area contributed by atoms with Gasteiger partial charge in [-0.25, -0.2) is 9.18 Å². The summed E-state index contributed by atoms with van der Waals surface area (Å²) in [4.78, 5) is 60.2. The Kier molecular flexibility index (Phi) is 17.2. The molecule has 0 aromatic heterocycles. The van der Waals surface area contributed by atoms with Crippen molar-refractivity contribution in [3.8, 4) is 5.75 Å². The van der Waals surface area contributed by atoms with Crippen molar-refractivity contribution in [1.29, 1.82) is 0 Å². The minimum absolute atomic E-state index is 0.0244. The number of nitrogens with zero attached hydrogens (tertiary/aromatic N) is 3. The topological polar surface area (TPSA) is 127 Å². The summed E-state index contributed by atoms with van der Waals surface area (Å²) >= 11 is 0. The maximum Gasteiger partial charge on any atom is 0.410 e. The number of rotatable bonds is 16. The Bertz CT molecular complexity index is 1490. The van der Waals surface area contributed by atoms with Crippen LogP contribution >= 0.6 is 0 Å². The number of halogens is 1. The highest BCUT2D eigenvalue weighted by Crippen LogP contribution is 2.26. The summed E-state index contributed by atoms with van der Waals surface area (Å²) in [5.74, 6) is -0.115. The lowest BCUT2D eigenvalue weighted by atomic mass is 9.91. The lowest BCUT2D eigenvalue weighted by molar-refractivity contribution is -0.155. The third-order valence-corrected chi connectivity index (χ3v) is 9.32. The van der Waals surface area contributed by atoms with Crippen LogP contribution in [0.4, 0.5) is 9.18 Å². The molecule has 3 rings (SSSR count). The zero-order valence-corrected chi connectivity index (χ0v) is 33.6. The maximum atomic E-state index is 13.6. The van der Waals surface area contributed by atoms with E-state index in [2.05, 4.69) is 16.9 Å². The number of amides is 3. The van der Waals surface area contributed by atoms with Gasteiger partial charge in [-0.15, -0.1) is 0 Å². The Balaban J connectivity index is 1.54. The number of hydrogen-bond donors (Lipinski definition) is 1. The van der Waals surface area contributed by atoms with Crippen molar-refractivity contribution >= 4 is 30.1 Å². The van der Waals surface area contributed by atoms with E-state index in [4.69, 9.17) is 14.2 Å². The van der Waals surface area contributed by atoms with E-state index in [9.17, 15) is 23.6 Å². The van der Waals surface area contributed by atoms with Gasteiger partial charge in [-0.1, -0.05) is 24.3 Å². The molecule has 300 valence electrons. The van der Waals surface area contributed by atoms with Crippen LogP contribution in [0.2, 0.25) is 0 Å². The monoisotopic (exact) mass is 754 g/mol. The number of esters is 1. The van der Waals surface area contributed by atoms with Gasteiger partial charge >= 0.3 is 12.1 Å². The van der Waals surface area contributed by atoms with Gasteiger partial charge in [0.15, 0.2) is 0 Å². The van der Waals surface area contributed by atoms with E-state index in [1.807, 2.05) is 45.9 Å². The largest absolute Gasteiger partial charge is 0.491 e. The second-order valence-corrected chi connectivity index (χ2v) is 16.5.